The average Bonchev–Trinajstić information content (AvgIpc) is 2.25. The molecule has 16 heavy (non-hydrogen) atoms. The Hall–Kier alpha value is -0.940. The van der Waals surface area contributed by atoms with Crippen molar-refractivity contribution in [3.63, 3.8) is 0 Å². The smallest absolute Gasteiger partial charge is 0.256 e. The summed E-state index contributed by atoms with van der Waals surface area (Å²) in [5.74, 6) is 0.816. The molecule has 1 aliphatic heterocycles. The Labute approximate surface area is 99.7 Å². The molecule has 0 atom stereocenters. The fourth-order valence-corrected chi connectivity index (χ4v) is 2.17. The summed E-state index contributed by atoms with van der Waals surface area (Å²) in [5.41, 5.74) is 0.700. The summed E-state index contributed by atoms with van der Waals surface area (Å²) >= 11 is 4.85. The molecule has 2 N–H and O–H groups in total. The fourth-order valence-electron chi connectivity index (χ4n) is 2.02. The molecule has 0 amide bonds. The van der Waals surface area contributed by atoms with Gasteiger partial charge < -0.3 is 4.98 Å². The van der Waals surface area contributed by atoms with Crippen molar-refractivity contribution in [3.8, 4) is 0 Å². The molecule has 0 spiro atoms. The van der Waals surface area contributed by atoms with Crippen LogP contribution in [0.4, 0.5) is 0 Å². The van der Waals surface area contributed by atoms with Crippen molar-refractivity contribution in [2.24, 2.45) is 5.92 Å². The maximum atomic E-state index is 11.6. The van der Waals surface area contributed by atoms with Gasteiger partial charge in [0.1, 0.15) is 0 Å². The van der Waals surface area contributed by atoms with Gasteiger partial charge in [0, 0.05) is 18.3 Å². The highest BCUT2D eigenvalue weighted by Crippen LogP contribution is 2.16. The van der Waals surface area contributed by atoms with Crippen molar-refractivity contribution in [1.29, 1.82) is 0 Å². The Kier molecular flexibility index (Phi) is 3.56. The highest BCUT2D eigenvalue weighted by Gasteiger charge is 2.16. The largest absolute Gasteiger partial charge is 0.338 e. The zero-order chi connectivity index (χ0) is 11.5. The molecule has 0 aliphatic carbocycles. The van der Waals surface area contributed by atoms with Crippen molar-refractivity contribution >= 4 is 12.2 Å². The van der Waals surface area contributed by atoms with E-state index in [0.717, 1.165) is 24.6 Å². The number of hydrogen-bond acceptors (Lipinski definition) is 3. The first-order valence-corrected chi connectivity index (χ1v) is 6.09. The maximum absolute atomic E-state index is 11.6. The van der Waals surface area contributed by atoms with E-state index >= 15 is 0 Å². The zero-order valence-electron chi connectivity index (χ0n) is 9.45. The number of piperidine rings is 1. The number of likely N-dealkylation sites (tertiary alicyclic amines) is 1. The molecule has 1 fully saturated rings. The number of H-pyrrole nitrogens is 2. The second-order valence-corrected chi connectivity index (χ2v) is 4.96. The van der Waals surface area contributed by atoms with E-state index in [1.54, 1.807) is 6.20 Å². The van der Waals surface area contributed by atoms with Crippen LogP contribution in [0, 0.1) is 10.7 Å². The van der Waals surface area contributed by atoms with Crippen LogP contribution in [-0.4, -0.2) is 28.0 Å². The molecule has 2 heterocycles. The lowest BCUT2D eigenvalue weighted by atomic mass is 9.99. The standard InChI is InChI=1S/C11H17N3OS/c1-8-2-4-14(5-3-8)7-9-6-12-11(16)13-10(9)15/h6,8H,2-5,7H2,1H3,(H2,12,13,15,16). The Bertz CT molecular complexity index is 457. The van der Waals surface area contributed by atoms with Crippen molar-refractivity contribution in [2.75, 3.05) is 13.1 Å². The second kappa shape index (κ2) is 4.93. The van der Waals surface area contributed by atoms with Gasteiger partial charge in [-0.15, -0.1) is 0 Å². The predicted octanol–water partition coefficient (Wildman–Crippen LogP) is 1.66. The van der Waals surface area contributed by atoms with Gasteiger partial charge in [-0.25, -0.2) is 0 Å². The number of hydrogen-bond donors (Lipinski definition) is 2. The molecule has 2 rings (SSSR count). The highest BCUT2D eigenvalue weighted by atomic mass is 32.1. The van der Waals surface area contributed by atoms with Gasteiger partial charge in [-0.3, -0.25) is 14.7 Å². The van der Waals surface area contributed by atoms with Gasteiger partial charge >= 0.3 is 0 Å². The van der Waals surface area contributed by atoms with E-state index in [2.05, 4.69) is 21.8 Å². The molecular formula is C11H17N3OS. The topological polar surface area (TPSA) is 51.9 Å². The summed E-state index contributed by atoms with van der Waals surface area (Å²) in [7, 11) is 0. The predicted molar refractivity (Wildman–Crippen MR) is 65.9 cm³/mol. The van der Waals surface area contributed by atoms with Gasteiger partial charge in [-0.05, 0) is 44.1 Å². The van der Waals surface area contributed by atoms with E-state index in [4.69, 9.17) is 12.2 Å². The third-order valence-electron chi connectivity index (χ3n) is 3.17. The van der Waals surface area contributed by atoms with Gasteiger partial charge in [0.2, 0.25) is 0 Å². The minimum Gasteiger partial charge on any atom is -0.338 e. The molecule has 0 bridgehead atoms. The zero-order valence-corrected chi connectivity index (χ0v) is 10.3. The van der Waals surface area contributed by atoms with E-state index in [1.807, 2.05) is 0 Å². The Morgan fingerprint density at radius 1 is 1.50 bits per heavy atom. The van der Waals surface area contributed by atoms with Crippen molar-refractivity contribution in [1.82, 2.24) is 14.9 Å². The molecule has 88 valence electrons. The molecule has 0 saturated carbocycles. The van der Waals surface area contributed by atoms with Gasteiger partial charge in [0.25, 0.3) is 5.56 Å². The first kappa shape index (κ1) is 11.5. The number of aromatic amines is 2. The first-order chi connectivity index (χ1) is 7.65. The van der Waals surface area contributed by atoms with E-state index in [0.29, 0.717) is 11.3 Å². The molecular weight excluding hydrogens is 222 g/mol. The van der Waals surface area contributed by atoms with Gasteiger partial charge in [-0.1, -0.05) is 6.92 Å². The summed E-state index contributed by atoms with van der Waals surface area (Å²) in [5, 5.41) is 0. The molecule has 1 saturated heterocycles. The quantitative estimate of drug-likeness (QED) is 0.772. The molecule has 5 heteroatoms. The molecule has 0 radical (unpaired) electrons. The first-order valence-electron chi connectivity index (χ1n) is 5.68. The third kappa shape index (κ3) is 2.80. The van der Waals surface area contributed by atoms with Crippen LogP contribution in [0.1, 0.15) is 25.3 Å². The highest BCUT2D eigenvalue weighted by molar-refractivity contribution is 7.71. The van der Waals surface area contributed by atoms with E-state index in [9.17, 15) is 4.79 Å². The van der Waals surface area contributed by atoms with Crippen LogP contribution in [0.15, 0.2) is 11.0 Å². The maximum Gasteiger partial charge on any atom is 0.256 e. The van der Waals surface area contributed by atoms with Crippen LogP contribution < -0.4 is 5.56 Å². The molecule has 1 aromatic heterocycles. The van der Waals surface area contributed by atoms with Crippen molar-refractivity contribution in [3.05, 3.63) is 26.9 Å². The third-order valence-corrected chi connectivity index (χ3v) is 3.39. The number of aromatic nitrogens is 2. The van der Waals surface area contributed by atoms with Crippen LogP contribution in [0.5, 0.6) is 0 Å². The van der Waals surface area contributed by atoms with Gasteiger partial charge in [-0.2, -0.15) is 0 Å². The SMILES string of the molecule is CC1CCN(Cc2c[nH]c(=S)[nH]c2=O)CC1. The number of rotatable bonds is 2. The molecule has 0 aromatic carbocycles. The molecule has 1 aliphatic rings. The minimum absolute atomic E-state index is 0.0672. The summed E-state index contributed by atoms with van der Waals surface area (Å²) in [6, 6.07) is 0. The lowest BCUT2D eigenvalue weighted by Gasteiger charge is -2.29. The van der Waals surface area contributed by atoms with E-state index in [-0.39, 0.29) is 5.56 Å². The molecule has 1 aromatic rings. The van der Waals surface area contributed by atoms with Crippen LogP contribution >= 0.6 is 12.2 Å². The summed E-state index contributed by atoms with van der Waals surface area (Å²) < 4.78 is 0.390. The summed E-state index contributed by atoms with van der Waals surface area (Å²) in [6.07, 6.45) is 4.17. The van der Waals surface area contributed by atoms with Crippen LogP contribution in [0.2, 0.25) is 0 Å². The lowest BCUT2D eigenvalue weighted by molar-refractivity contribution is 0.184. The number of nitrogens with zero attached hydrogens (tertiary/aromatic N) is 1. The molecule has 4 nitrogen and oxygen atoms in total. The minimum atomic E-state index is -0.0672. The van der Waals surface area contributed by atoms with Crippen LogP contribution in [0.25, 0.3) is 0 Å². The number of nitrogens with one attached hydrogen (secondary N) is 2. The van der Waals surface area contributed by atoms with Gasteiger partial charge in [0.05, 0.1) is 0 Å². The molecule has 0 unspecified atom stereocenters. The second-order valence-electron chi connectivity index (χ2n) is 4.56. The van der Waals surface area contributed by atoms with Crippen LogP contribution in [0.3, 0.4) is 0 Å². The normalized spacial score (nSPS) is 18.8. The average molecular weight is 239 g/mol. The van der Waals surface area contributed by atoms with Gasteiger partial charge in [0.15, 0.2) is 4.77 Å². The van der Waals surface area contributed by atoms with E-state index < -0.39 is 0 Å². The Morgan fingerprint density at radius 2 is 2.19 bits per heavy atom. The monoisotopic (exact) mass is 239 g/mol. The Balaban J connectivity index is 2.04. The van der Waals surface area contributed by atoms with Crippen LogP contribution in [-0.2, 0) is 6.54 Å². The lowest BCUT2D eigenvalue weighted by Crippen LogP contribution is -2.34. The Morgan fingerprint density at radius 3 is 2.81 bits per heavy atom. The van der Waals surface area contributed by atoms with E-state index in [1.165, 1.54) is 12.8 Å². The van der Waals surface area contributed by atoms with Crippen molar-refractivity contribution < 1.29 is 0 Å². The fraction of sp³-hybridized carbons (Fsp3) is 0.636. The summed E-state index contributed by atoms with van der Waals surface area (Å²) in [4.78, 5) is 19.4. The van der Waals surface area contributed by atoms with Crippen molar-refractivity contribution in [2.45, 2.75) is 26.3 Å². The summed E-state index contributed by atoms with van der Waals surface area (Å²) in [6.45, 7) is 5.16.